The molecule has 0 unspecified atom stereocenters. The van der Waals surface area contributed by atoms with E-state index in [1.54, 1.807) is 12.4 Å². The number of anilines is 2. The van der Waals surface area contributed by atoms with Gasteiger partial charge in [-0.05, 0) is 42.2 Å². The topological polar surface area (TPSA) is 54.0 Å². The second kappa shape index (κ2) is 8.49. The summed E-state index contributed by atoms with van der Waals surface area (Å²) in [5, 5.41) is 6.25. The molecule has 0 saturated carbocycles. The molecule has 0 atom stereocenters. The number of carbonyl (C=O) groups is 1. The number of rotatable bonds is 6. The van der Waals surface area contributed by atoms with Gasteiger partial charge >= 0.3 is 0 Å². The summed E-state index contributed by atoms with van der Waals surface area (Å²) in [5.74, 6) is 0.365. The van der Waals surface area contributed by atoms with Crippen molar-refractivity contribution in [2.24, 2.45) is 0 Å². The van der Waals surface area contributed by atoms with Crippen LogP contribution in [0, 0.1) is 6.92 Å². The van der Waals surface area contributed by atoms with Gasteiger partial charge in [0.2, 0.25) is 0 Å². The first kappa shape index (κ1) is 18.6. The Kier molecular flexibility index (Phi) is 5.87. The fraction of sp³-hybridized carbons (Fsp3) is 0.217. The standard InChI is InChI=1S/C23H25N3O/c1-16(2)19-7-9-21(10-8-19)26-22-12-20(14-24-15-22)23(27)25-13-18-6-4-5-17(3)11-18/h4-12,14-16,26H,13H2,1-3H3,(H,25,27). The molecule has 1 aromatic heterocycles. The number of hydrogen-bond donors (Lipinski definition) is 2. The van der Waals surface area contributed by atoms with E-state index in [1.165, 1.54) is 11.1 Å². The van der Waals surface area contributed by atoms with Gasteiger partial charge in [0, 0.05) is 18.4 Å². The van der Waals surface area contributed by atoms with Crippen LogP contribution in [0.1, 0.15) is 46.8 Å². The maximum absolute atomic E-state index is 12.4. The molecule has 1 heterocycles. The van der Waals surface area contributed by atoms with E-state index in [0.717, 1.165) is 16.9 Å². The first-order valence-corrected chi connectivity index (χ1v) is 9.17. The van der Waals surface area contributed by atoms with Crippen molar-refractivity contribution in [3.05, 3.63) is 89.2 Å². The van der Waals surface area contributed by atoms with E-state index in [9.17, 15) is 4.79 Å². The summed E-state index contributed by atoms with van der Waals surface area (Å²) in [4.78, 5) is 16.6. The lowest BCUT2D eigenvalue weighted by Crippen LogP contribution is -2.23. The molecule has 4 heteroatoms. The lowest BCUT2D eigenvalue weighted by molar-refractivity contribution is 0.0950. The Morgan fingerprint density at radius 3 is 2.48 bits per heavy atom. The number of aromatic nitrogens is 1. The minimum Gasteiger partial charge on any atom is -0.354 e. The second-order valence-corrected chi connectivity index (χ2v) is 7.04. The van der Waals surface area contributed by atoms with E-state index >= 15 is 0 Å². The normalized spacial score (nSPS) is 10.7. The van der Waals surface area contributed by atoms with Crippen LogP contribution in [0.15, 0.2) is 67.0 Å². The van der Waals surface area contributed by atoms with Gasteiger partial charge < -0.3 is 10.6 Å². The molecular formula is C23H25N3O. The van der Waals surface area contributed by atoms with Crippen LogP contribution in [0.25, 0.3) is 0 Å². The fourth-order valence-electron chi connectivity index (χ4n) is 2.86. The van der Waals surface area contributed by atoms with Crippen molar-refractivity contribution >= 4 is 17.3 Å². The zero-order chi connectivity index (χ0) is 19.2. The van der Waals surface area contributed by atoms with Gasteiger partial charge in [-0.3, -0.25) is 9.78 Å². The Bertz CT molecular complexity index is 917. The Morgan fingerprint density at radius 2 is 1.78 bits per heavy atom. The van der Waals surface area contributed by atoms with Crippen molar-refractivity contribution in [3.8, 4) is 0 Å². The summed E-state index contributed by atoms with van der Waals surface area (Å²) < 4.78 is 0. The Hall–Kier alpha value is -3.14. The number of pyridine rings is 1. The Labute approximate surface area is 160 Å². The summed E-state index contributed by atoms with van der Waals surface area (Å²) in [6.07, 6.45) is 3.30. The van der Waals surface area contributed by atoms with Gasteiger partial charge in [0.25, 0.3) is 5.91 Å². The zero-order valence-electron chi connectivity index (χ0n) is 16.0. The van der Waals surface area contributed by atoms with E-state index < -0.39 is 0 Å². The third-order valence-corrected chi connectivity index (χ3v) is 4.40. The van der Waals surface area contributed by atoms with Crippen molar-refractivity contribution in [2.75, 3.05) is 5.32 Å². The first-order valence-electron chi connectivity index (χ1n) is 9.17. The number of nitrogens with one attached hydrogen (secondary N) is 2. The van der Waals surface area contributed by atoms with Crippen LogP contribution in [0.2, 0.25) is 0 Å². The lowest BCUT2D eigenvalue weighted by atomic mass is 10.0. The molecular weight excluding hydrogens is 334 g/mol. The molecule has 0 aliphatic carbocycles. The van der Waals surface area contributed by atoms with Crippen LogP contribution in [-0.2, 0) is 6.54 Å². The van der Waals surface area contributed by atoms with Crippen LogP contribution in [-0.4, -0.2) is 10.9 Å². The number of carbonyl (C=O) groups excluding carboxylic acids is 1. The molecule has 3 rings (SSSR count). The molecule has 0 aliphatic heterocycles. The highest BCUT2D eigenvalue weighted by atomic mass is 16.1. The summed E-state index contributed by atoms with van der Waals surface area (Å²) in [6, 6.07) is 18.2. The number of aryl methyl sites for hydroxylation is 1. The van der Waals surface area contributed by atoms with E-state index in [0.29, 0.717) is 18.0 Å². The van der Waals surface area contributed by atoms with Crippen LogP contribution in [0.3, 0.4) is 0 Å². The highest BCUT2D eigenvalue weighted by Gasteiger charge is 2.07. The highest BCUT2D eigenvalue weighted by molar-refractivity contribution is 5.94. The van der Waals surface area contributed by atoms with Crippen molar-refractivity contribution in [3.63, 3.8) is 0 Å². The largest absolute Gasteiger partial charge is 0.354 e. The number of nitrogens with zero attached hydrogens (tertiary/aromatic N) is 1. The Morgan fingerprint density at radius 1 is 1.00 bits per heavy atom. The van der Waals surface area contributed by atoms with E-state index in [-0.39, 0.29) is 5.91 Å². The molecule has 0 aliphatic rings. The Balaban J connectivity index is 1.64. The quantitative estimate of drug-likeness (QED) is 0.637. The van der Waals surface area contributed by atoms with Gasteiger partial charge in [-0.25, -0.2) is 0 Å². The van der Waals surface area contributed by atoms with Crippen LogP contribution in [0.5, 0.6) is 0 Å². The van der Waals surface area contributed by atoms with Gasteiger partial charge in [0.15, 0.2) is 0 Å². The number of benzene rings is 2. The van der Waals surface area contributed by atoms with Crippen LogP contribution in [0.4, 0.5) is 11.4 Å². The maximum Gasteiger partial charge on any atom is 0.253 e. The van der Waals surface area contributed by atoms with Crippen molar-refractivity contribution in [1.82, 2.24) is 10.3 Å². The number of hydrogen-bond acceptors (Lipinski definition) is 3. The van der Waals surface area contributed by atoms with E-state index in [4.69, 9.17) is 0 Å². The monoisotopic (exact) mass is 359 g/mol. The minimum atomic E-state index is -0.136. The predicted octanol–water partition coefficient (Wildman–Crippen LogP) is 5.19. The van der Waals surface area contributed by atoms with E-state index in [1.807, 2.05) is 43.3 Å². The predicted molar refractivity (Wildman–Crippen MR) is 110 cm³/mol. The molecule has 0 radical (unpaired) electrons. The SMILES string of the molecule is Cc1cccc(CNC(=O)c2cncc(Nc3ccc(C(C)C)cc3)c2)c1. The van der Waals surface area contributed by atoms with Gasteiger partial charge in [0.1, 0.15) is 0 Å². The molecule has 3 aromatic rings. The molecule has 0 saturated heterocycles. The second-order valence-electron chi connectivity index (χ2n) is 7.04. The lowest BCUT2D eigenvalue weighted by Gasteiger charge is -2.10. The van der Waals surface area contributed by atoms with Crippen LogP contribution < -0.4 is 10.6 Å². The van der Waals surface area contributed by atoms with Gasteiger partial charge in [0.05, 0.1) is 17.4 Å². The molecule has 4 nitrogen and oxygen atoms in total. The minimum absolute atomic E-state index is 0.136. The third-order valence-electron chi connectivity index (χ3n) is 4.40. The van der Waals surface area contributed by atoms with E-state index in [2.05, 4.69) is 47.7 Å². The molecule has 2 aromatic carbocycles. The molecule has 27 heavy (non-hydrogen) atoms. The fourth-order valence-corrected chi connectivity index (χ4v) is 2.86. The summed E-state index contributed by atoms with van der Waals surface area (Å²) in [7, 11) is 0. The molecule has 0 bridgehead atoms. The number of amides is 1. The summed E-state index contributed by atoms with van der Waals surface area (Å²) in [5.41, 5.74) is 5.84. The van der Waals surface area contributed by atoms with Crippen molar-refractivity contribution in [2.45, 2.75) is 33.2 Å². The summed E-state index contributed by atoms with van der Waals surface area (Å²) in [6.45, 7) is 6.88. The molecule has 1 amide bonds. The molecule has 138 valence electrons. The smallest absolute Gasteiger partial charge is 0.253 e. The summed E-state index contributed by atoms with van der Waals surface area (Å²) >= 11 is 0. The zero-order valence-corrected chi connectivity index (χ0v) is 16.0. The van der Waals surface area contributed by atoms with Crippen molar-refractivity contribution < 1.29 is 4.79 Å². The molecule has 0 fully saturated rings. The van der Waals surface area contributed by atoms with Gasteiger partial charge in [-0.2, -0.15) is 0 Å². The molecule has 2 N–H and O–H groups in total. The van der Waals surface area contributed by atoms with Crippen molar-refractivity contribution in [1.29, 1.82) is 0 Å². The average molecular weight is 359 g/mol. The first-order chi connectivity index (χ1) is 13.0. The molecule has 0 spiro atoms. The highest BCUT2D eigenvalue weighted by Crippen LogP contribution is 2.20. The third kappa shape index (κ3) is 5.17. The van der Waals surface area contributed by atoms with Gasteiger partial charge in [-0.1, -0.05) is 55.8 Å². The van der Waals surface area contributed by atoms with Crippen LogP contribution >= 0.6 is 0 Å². The maximum atomic E-state index is 12.4. The van der Waals surface area contributed by atoms with Gasteiger partial charge in [-0.15, -0.1) is 0 Å². The average Bonchev–Trinajstić information content (AvgIpc) is 2.67.